The van der Waals surface area contributed by atoms with E-state index in [2.05, 4.69) is 12.2 Å². The minimum absolute atomic E-state index is 0.111. The van der Waals surface area contributed by atoms with Gasteiger partial charge in [0.1, 0.15) is 0 Å². The second-order valence-corrected chi connectivity index (χ2v) is 4.25. The molecule has 0 aromatic heterocycles. The molecule has 16 heavy (non-hydrogen) atoms. The van der Waals surface area contributed by atoms with Crippen molar-refractivity contribution in [2.45, 2.75) is 57.9 Å². The Balaban J connectivity index is 1.92. The molecule has 0 aliphatic heterocycles. The number of carbonyl (C=O) groups excluding carboxylic acids is 2. The van der Waals surface area contributed by atoms with Crippen molar-refractivity contribution in [3.05, 3.63) is 0 Å². The lowest BCUT2D eigenvalue weighted by Gasteiger charge is -2.24. The van der Waals surface area contributed by atoms with Crippen molar-refractivity contribution in [3.8, 4) is 0 Å². The molecule has 1 atom stereocenters. The molecule has 4 heteroatoms. The molecule has 4 nitrogen and oxygen atoms in total. The molecule has 1 N–H and O–H groups in total. The first-order valence-electron chi connectivity index (χ1n) is 6.20. The zero-order valence-corrected chi connectivity index (χ0v) is 9.96. The van der Waals surface area contributed by atoms with Crippen LogP contribution in [0.4, 0.5) is 4.79 Å². The molecule has 1 amide bonds. The Morgan fingerprint density at radius 3 is 2.69 bits per heavy atom. The zero-order valence-electron chi connectivity index (χ0n) is 9.96. The van der Waals surface area contributed by atoms with Crippen molar-refractivity contribution in [1.82, 2.24) is 5.32 Å². The van der Waals surface area contributed by atoms with Crippen LogP contribution < -0.4 is 5.32 Å². The van der Waals surface area contributed by atoms with Gasteiger partial charge in [0.2, 0.25) is 0 Å². The van der Waals surface area contributed by atoms with Crippen LogP contribution in [0.2, 0.25) is 0 Å². The van der Waals surface area contributed by atoms with Crippen molar-refractivity contribution in [3.63, 3.8) is 0 Å². The van der Waals surface area contributed by atoms with Crippen molar-refractivity contribution < 1.29 is 14.3 Å². The summed E-state index contributed by atoms with van der Waals surface area (Å²) in [4.78, 5) is 22.1. The van der Waals surface area contributed by atoms with Gasteiger partial charge in [0.25, 0.3) is 0 Å². The maximum atomic E-state index is 11.2. The third-order valence-corrected chi connectivity index (χ3v) is 2.84. The molecule has 0 spiro atoms. The predicted octanol–water partition coefficient (Wildman–Crippen LogP) is 2.41. The van der Waals surface area contributed by atoms with E-state index in [0.717, 1.165) is 19.3 Å². The van der Waals surface area contributed by atoms with Gasteiger partial charge in [0.05, 0.1) is 12.6 Å². The Labute approximate surface area is 96.7 Å². The minimum Gasteiger partial charge on any atom is -0.450 e. The molecule has 1 aliphatic rings. The largest absolute Gasteiger partial charge is 0.450 e. The molecule has 0 bridgehead atoms. The average Bonchev–Trinajstić information content (AvgIpc) is 2.28. The van der Waals surface area contributed by atoms with Crippen LogP contribution in [0.15, 0.2) is 0 Å². The number of ketones is 1. The van der Waals surface area contributed by atoms with E-state index >= 15 is 0 Å². The molecular formula is C12H21NO3. The Morgan fingerprint density at radius 2 is 2.12 bits per heavy atom. The first-order chi connectivity index (χ1) is 7.74. The second-order valence-electron chi connectivity index (χ2n) is 4.25. The first kappa shape index (κ1) is 13.0. The predicted molar refractivity (Wildman–Crippen MR) is 61.3 cm³/mol. The highest BCUT2D eigenvalue weighted by Crippen LogP contribution is 2.13. The summed E-state index contributed by atoms with van der Waals surface area (Å²) in [6.07, 6.45) is 6.55. The van der Waals surface area contributed by atoms with Gasteiger partial charge in [-0.15, -0.1) is 0 Å². The second kappa shape index (κ2) is 7.25. The van der Waals surface area contributed by atoms with E-state index in [1.54, 1.807) is 0 Å². The summed E-state index contributed by atoms with van der Waals surface area (Å²) >= 11 is 0. The average molecular weight is 227 g/mol. The fourth-order valence-corrected chi connectivity index (χ4v) is 1.61. The molecule has 0 unspecified atom stereocenters. The van der Waals surface area contributed by atoms with E-state index in [9.17, 15) is 9.59 Å². The summed E-state index contributed by atoms with van der Waals surface area (Å²) in [5, 5.41) is 2.56. The molecule has 0 heterocycles. The van der Waals surface area contributed by atoms with Crippen LogP contribution >= 0.6 is 0 Å². The highest BCUT2D eigenvalue weighted by atomic mass is 16.5. The van der Waals surface area contributed by atoms with Crippen molar-refractivity contribution in [2.24, 2.45) is 0 Å². The zero-order chi connectivity index (χ0) is 11.8. The number of hydrogen-bond donors (Lipinski definition) is 1. The number of hydrogen-bond acceptors (Lipinski definition) is 3. The summed E-state index contributed by atoms with van der Waals surface area (Å²) in [5.41, 5.74) is 0. The van der Waals surface area contributed by atoms with Gasteiger partial charge in [-0.1, -0.05) is 32.6 Å². The van der Waals surface area contributed by atoms with Crippen molar-refractivity contribution in [1.29, 1.82) is 0 Å². The van der Waals surface area contributed by atoms with Crippen molar-refractivity contribution in [2.75, 3.05) is 6.61 Å². The number of amides is 1. The highest BCUT2D eigenvalue weighted by molar-refractivity contribution is 5.92. The van der Waals surface area contributed by atoms with E-state index in [1.807, 2.05) is 0 Å². The summed E-state index contributed by atoms with van der Waals surface area (Å²) < 4.78 is 4.97. The van der Waals surface area contributed by atoms with Gasteiger partial charge in [-0.25, -0.2) is 4.79 Å². The minimum atomic E-state index is -0.450. The smallest absolute Gasteiger partial charge is 0.407 e. The summed E-state index contributed by atoms with van der Waals surface area (Å²) in [6, 6.07) is -0.285. The number of alkyl carbamates (subject to hydrolysis) is 1. The molecule has 1 saturated carbocycles. The topological polar surface area (TPSA) is 55.4 Å². The van der Waals surface area contributed by atoms with Crippen LogP contribution in [-0.4, -0.2) is 24.5 Å². The molecule has 0 aromatic carbocycles. The fourth-order valence-electron chi connectivity index (χ4n) is 1.61. The number of carbonyl (C=O) groups is 2. The molecule has 1 rings (SSSR count). The lowest BCUT2D eigenvalue weighted by molar-refractivity contribution is -0.126. The summed E-state index contributed by atoms with van der Waals surface area (Å²) in [6.45, 7) is 2.62. The standard InChI is InChI=1S/C12H21NO3/c1-2-3-4-5-6-9-16-12(15)13-10-7-8-11(10)14/h10H,2-9H2,1H3,(H,13,15)/t10-/m0/s1. The van der Waals surface area contributed by atoms with Crippen LogP contribution in [0, 0.1) is 0 Å². The molecule has 0 saturated heterocycles. The number of Topliss-reactive ketones (excluding diaryl/α,β-unsaturated/α-hetero) is 1. The van der Waals surface area contributed by atoms with E-state index in [-0.39, 0.29) is 11.8 Å². The quantitative estimate of drug-likeness (QED) is 0.679. The third-order valence-electron chi connectivity index (χ3n) is 2.84. The molecule has 1 fully saturated rings. The van der Waals surface area contributed by atoms with Crippen LogP contribution in [-0.2, 0) is 9.53 Å². The molecular weight excluding hydrogens is 206 g/mol. The normalized spacial score (nSPS) is 19.1. The van der Waals surface area contributed by atoms with E-state index in [4.69, 9.17) is 4.74 Å². The van der Waals surface area contributed by atoms with Gasteiger partial charge in [0, 0.05) is 6.42 Å². The van der Waals surface area contributed by atoms with Gasteiger partial charge >= 0.3 is 6.09 Å². The lowest BCUT2D eigenvalue weighted by Crippen LogP contribution is -2.47. The fraction of sp³-hybridized carbons (Fsp3) is 0.833. The summed E-state index contributed by atoms with van der Waals surface area (Å²) in [7, 11) is 0. The van der Waals surface area contributed by atoms with Crippen LogP contribution in [0.1, 0.15) is 51.9 Å². The van der Waals surface area contributed by atoms with Gasteiger partial charge in [-0.3, -0.25) is 4.79 Å². The lowest BCUT2D eigenvalue weighted by atomic mass is 9.91. The van der Waals surface area contributed by atoms with Crippen LogP contribution in [0.3, 0.4) is 0 Å². The number of ether oxygens (including phenoxy) is 1. The summed E-state index contributed by atoms with van der Waals surface area (Å²) in [5.74, 6) is 0.111. The molecule has 1 aliphatic carbocycles. The van der Waals surface area contributed by atoms with Gasteiger partial charge < -0.3 is 10.1 Å². The Morgan fingerprint density at radius 1 is 1.38 bits per heavy atom. The number of unbranched alkanes of at least 4 members (excludes halogenated alkanes) is 4. The highest BCUT2D eigenvalue weighted by Gasteiger charge is 2.29. The van der Waals surface area contributed by atoms with Crippen LogP contribution in [0.25, 0.3) is 0 Å². The first-order valence-corrected chi connectivity index (χ1v) is 6.20. The molecule has 92 valence electrons. The molecule has 0 radical (unpaired) electrons. The van der Waals surface area contributed by atoms with E-state index in [0.29, 0.717) is 13.0 Å². The molecule has 0 aromatic rings. The SMILES string of the molecule is CCCCCCCOC(=O)N[C@H]1CCC1=O. The van der Waals surface area contributed by atoms with E-state index < -0.39 is 6.09 Å². The maximum absolute atomic E-state index is 11.2. The Bertz CT molecular complexity index is 240. The van der Waals surface area contributed by atoms with Gasteiger partial charge in [-0.05, 0) is 12.8 Å². The maximum Gasteiger partial charge on any atom is 0.407 e. The third kappa shape index (κ3) is 4.64. The number of rotatable bonds is 7. The van der Waals surface area contributed by atoms with Crippen LogP contribution in [0.5, 0.6) is 0 Å². The Hall–Kier alpha value is -1.06. The Kier molecular flexibility index (Phi) is 5.90. The monoisotopic (exact) mass is 227 g/mol. The number of nitrogens with one attached hydrogen (secondary N) is 1. The van der Waals surface area contributed by atoms with Gasteiger partial charge in [-0.2, -0.15) is 0 Å². The van der Waals surface area contributed by atoms with Crippen molar-refractivity contribution >= 4 is 11.9 Å². The van der Waals surface area contributed by atoms with E-state index in [1.165, 1.54) is 19.3 Å². The van der Waals surface area contributed by atoms with Gasteiger partial charge in [0.15, 0.2) is 5.78 Å².